The maximum atomic E-state index is 12.8. The molecule has 0 amide bonds. The zero-order valence-corrected chi connectivity index (χ0v) is 37.1. The van der Waals surface area contributed by atoms with Crippen LogP contribution in [0.25, 0.3) is 21.8 Å². The number of carbonyl (C=O) groups excluding carboxylic acids is 2. The Bertz CT molecular complexity index is 2620. The maximum absolute atomic E-state index is 12.8. The Kier molecular flexibility index (Phi) is 16.1. The molecule has 0 fully saturated rings. The van der Waals surface area contributed by atoms with Gasteiger partial charge in [-0.1, -0.05) is 77.9 Å². The van der Waals surface area contributed by atoms with Gasteiger partial charge in [0.15, 0.2) is 23.0 Å². The summed E-state index contributed by atoms with van der Waals surface area (Å²) in [6, 6.07) is 40.2. The number of benzene rings is 6. The average Bonchev–Trinajstić information content (AvgIpc) is 3.68. The molecule has 2 unspecified atom stereocenters. The van der Waals surface area contributed by atoms with Crippen LogP contribution in [0.1, 0.15) is 64.3 Å². The van der Waals surface area contributed by atoms with Crippen molar-refractivity contribution in [2.75, 3.05) is 40.0 Å². The molecule has 1 aromatic heterocycles. The van der Waals surface area contributed by atoms with Crippen LogP contribution in [0.5, 0.6) is 28.7 Å². The highest BCUT2D eigenvalue weighted by Crippen LogP contribution is 2.34. The summed E-state index contributed by atoms with van der Waals surface area (Å²) in [7, 11) is 1.62. The second kappa shape index (κ2) is 22.1. The van der Waals surface area contributed by atoms with E-state index in [2.05, 4.69) is 21.7 Å². The van der Waals surface area contributed by atoms with Crippen molar-refractivity contribution in [3.05, 3.63) is 161 Å². The summed E-state index contributed by atoms with van der Waals surface area (Å²) in [5, 5.41) is 29.5. The first-order chi connectivity index (χ1) is 30.8. The van der Waals surface area contributed by atoms with Crippen molar-refractivity contribution in [1.82, 2.24) is 15.6 Å². The molecular formula is C52H57N3O9. The number of carbonyl (C=O) groups is 2. The SMILES string of the molecule is COc1ccccc1OCCNCC(O)COc1cccc2[nH]c3ccccc3c12.Cc1ccc(C(=O)Oc2ccc(C(O)CNC(C)(C)C)cc2OC(=O)c2ccc(C)cc2)cc1. The first-order valence-electron chi connectivity index (χ1n) is 21.2. The van der Waals surface area contributed by atoms with Crippen molar-refractivity contribution < 1.29 is 43.5 Å². The fourth-order valence-electron chi connectivity index (χ4n) is 6.59. The molecule has 0 spiro atoms. The summed E-state index contributed by atoms with van der Waals surface area (Å²) in [5.41, 5.74) is 5.22. The van der Waals surface area contributed by atoms with Gasteiger partial charge in [0, 0.05) is 41.5 Å². The number of esters is 2. The quantitative estimate of drug-likeness (QED) is 0.0338. The van der Waals surface area contributed by atoms with E-state index in [-0.39, 0.29) is 23.6 Å². The molecule has 0 saturated carbocycles. The van der Waals surface area contributed by atoms with Crippen LogP contribution in [0.2, 0.25) is 0 Å². The number of aromatic nitrogens is 1. The molecule has 0 saturated heterocycles. The predicted octanol–water partition coefficient (Wildman–Crippen LogP) is 8.90. The molecule has 6 aromatic carbocycles. The molecule has 7 aromatic rings. The highest BCUT2D eigenvalue weighted by Gasteiger charge is 2.21. The number of H-pyrrole nitrogens is 1. The number of aryl methyl sites for hydroxylation is 2. The van der Waals surface area contributed by atoms with Gasteiger partial charge >= 0.3 is 11.9 Å². The minimum Gasteiger partial charge on any atom is -0.493 e. The summed E-state index contributed by atoms with van der Waals surface area (Å²) in [5.74, 6) is 1.16. The summed E-state index contributed by atoms with van der Waals surface area (Å²) in [6.07, 6.45) is -1.48. The highest BCUT2D eigenvalue weighted by atomic mass is 16.6. The number of aliphatic hydroxyl groups excluding tert-OH is 2. The fraction of sp³-hybridized carbons (Fsp3) is 0.269. The Labute approximate surface area is 374 Å². The van der Waals surface area contributed by atoms with Gasteiger partial charge in [-0.25, -0.2) is 9.59 Å². The van der Waals surface area contributed by atoms with Crippen LogP contribution in [0.3, 0.4) is 0 Å². The Morgan fingerprint density at radius 3 is 1.89 bits per heavy atom. The van der Waals surface area contributed by atoms with E-state index in [1.807, 2.05) is 120 Å². The van der Waals surface area contributed by atoms with Crippen LogP contribution < -0.4 is 34.3 Å². The van der Waals surface area contributed by atoms with E-state index in [4.69, 9.17) is 23.7 Å². The van der Waals surface area contributed by atoms with Crippen LogP contribution in [-0.2, 0) is 0 Å². The van der Waals surface area contributed by atoms with Crippen molar-refractivity contribution in [2.24, 2.45) is 0 Å². The van der Waals surface area contributed by atoms with E-state index in [1.165, 1.54) is 12.1 Å². The molecule has 334 valence electrons. The third-order valence-electron chi connectivity index (χ3n) is 10.1. The number of rotatable bonds is 17. The summed E-state index contributed by atoms with van der Waals surface area (Å²) < 4.78 is 28.1. The molecule has 12 nitrogen and oxygen atoms in total. The van der Waals surface area contributed by atoms with Gasteiger partial charge in [0.25, 0.3) is 0 Å². The summed E-state index contributed by atoms with van der Waals surface area (Å²) >= 11 is 0. The van der Waals surface area contributed by atoms with Crippen LogP contribution in [0.15, 0.2) is 133 Å². The Morgan fingerprint density at radius 2 is 1.23 bits per heavy atom. The number of β-amino-alcohol motifs (C(OH)–C–C–N with tert-alkyl or cyclic N) is 1. The van der Waals surface area contributed by atoms with E-state index in [0.717, 1.165) is 38.7 Å². The average molecular weight is 868 g/mol. The van der Waals surface area contributed by atoms with Crippen LogP contribution in [0.4, 0.5) is 0 Å². The second-order valence-electron chi connectivity index (χ2n) is 16.4. The van der Waals surface area contributed by atoms with Gasteiger partial charge < -0.3 is 49.5 Å². The van der Waals surface area contributed by atoms with E-state index < -0.39 is 24.1 Å². The zero-order chi connectivity index (χ0) is 45.6. The Hall–Kier alpha value is -6.70. The van der Waals surface area contributed by atoms with Crippen LogP contribution in [-0.4, -0.2) is 78.7 Å². The molecule has 64 heavy (non-hydrogen) atoms. The molecule has 0 aliphatic rings. The molecule has 1 heterocycles. The third-order valence-corrected chi connectivity index (χ3v) is 10.1. The van der Waals surface area contributed by atoms with Crippen molar-refractivity contribution in [2.45, 2.75) is 52.4 Å². The summed E-state index contributed by atoms with van der Waals surface area (Å²) in [4.78, 5) is 28.9. The van der Waals surface area contributed by atoms with Gasteiger partial charge in [0.05, 0.1) is 29.9 Å². The lowest BCUT2D eigenvalue weighted by atomic mass is 10.1. The number of aromatic amines is 1. The van der Waals surface area contributed by atoms with Crippen molar-refractivity contribution >= 4 is 33.7 Å². The molecule has 0 aliphatic carbocycles. The van der Waals surface area contributed by atoms with Gasteiger partial charge in [-0.05, 0) is 107 Å². The van der Waals surface area contributed by atoms with Gasteiger partial charge in [-0.2, -0.15) is 0 Å². The topological polar surface area (TPSA) is 161 Å². The fourth-order valence-corrected chi connectivity index (χ4v) is 6.59. The van der Waals surface area contributed by atoms with Crippen LogP contribution in [0, 0.1) is 13.8 Å². The van der Waals surface area contributed by atoms with Gasteiger partial charge in [0.1, 0.15) is 25.1 Å². The first-order valence-corrected chi connectivity index (χ1v) is 21.2. The smallest absolute Gasteiger partial charge is 0.343 e. The van der Waals surface area contributed by atoms with Crippen molar-refractivity contribution in [1.29, 1.82) is 0 Å². The Morgan fingerprint density at radius 1 is 0.641 bits per heavy atom. The van der Waals surface area contributed by atoms with Crippen molar-refractivity contribution in [3.63, 3.8) is 0 Å². The van der Waals surface area contributed by atoms with E-state index in [0.29, 0.717) is 54.4 Å². The molecule has 0 aliphatic heterocycles. The lowest BCUT2D eigenvalue weighted by Crippen LogP contribution is -2.38. The number of para-hydroxylation sites is 3. The van der Waals surface area contributed by atoms with E-state index >= 15 is 0 Å². The second-order valence-corrected chi connectivity index (χ2v) is 16.4. The molecular weight excluding hydrogens is 811 g/mol. The minimum atomic E-state index is -0.849. The Balaban J connectivity index is 0.000000214. The lowest BCUT2D eigenvalue weighted by Gasteiger charge is -2.23. The number of fused-ring (bicyclic) bond motifs is 3. The normalized spacial score (nSPS) is 12.2. The zero-order valence-electron chi connectivity index (χ0n) is 37.1. The molecule has 12 heteroatoms. The third kappa shape index (κ3) is 13.2. The molecule has 2 atom stereocenters. The predicted molar refractivity (Wildman–Crippen MR) is 250 cm³/mol. The van der Waals surface area contributed by atoms with Gasteiger partial charge in [-0.3, -0.25) is 0 Å². The number of methoxy groups -OCH3 is 1. The molecule has 0 bridgehead atoms. The van der Waals surface area contributed by atoms with Gasteiger partial charge in [0.2, 0.25) is 0 Å². The maximum Gasteiger partial charge on any atom is 0.343 e. The number of aliphatic hydroxyl groups is 2. The lowest BCUT2D eigenvalue weighted by molar-refractivity contribution is 0.0681. The van der Waals surface area contributed by atoms with Crippen molar-refractivity contribution in [3.8, 4) is 28.7 Å². The van der Waals surface area contributed by atoms with Crippen LogP contribution >= 0.6 is 0 Å². The number of nitrogens with one attached hydrogen (secondary N) is 3. The van der Waals surface area contributed by atoms with Gasteiger partial charge in [-0.15, -0.1) is 0 Å². The van der Waals surface area contributed by atoms with E-state index in [1.54, 1.807) is 37.4 Å². The molecule has 5 N–H and O–H groups in total. The number of ether oxygens (including phenoxy) is 5. The molecule has 7 rings (SSSR count). The minimum absolute atomic E-state index is 0.0540. The molecule has 0 radical (unpaired) electrons. The first kappa shape index (κ1) is 46.8. The standard InChI is InChI=1S/C28H31NO5.C24H26N2O4/c1-18-6-10-20(11-7-18)26(31)33-24-15-14-22(23(30)17-29-28(3,4)5)16-25(24)34-27(32)21-12-8-19(2)9-13-21;1-28-21-10-4-5-11-22(21)29-14-13-25-15-17(27)16-30-23-12-6-9-20-24(23)18-7-2-3-8-19(18)26-20/h6-16,23,29-30H,17H2,1-5H3;2-12,17,25-27H,13-16H2,1H3. The monoisotopic (exact) mass is 867 g/mol. The number of hydrogen-bond acceptors (Lipinski definition) is 11. The number of hydrogen-bond donors (Lipinski definition) is 5. The highest BCUT2D eigenvalue weighted by molar-refractivity contribution is 6.10. The van der Waals surface area contributed by atoms with E-state index in [9.17, 15) is 19.8 Å². The largest absolute Gasteiger partial charge is 0.493 e. The summed E-state index contributed by atoms with van der Waals surface area (Å²) in [6.45, 7) is 11.9.